The van der Waals surface area contributed by atoms with Crippen molar-refractivity contribution in [2.45, 2.75) is 32.1 Å². The third-order valence-electron chi connectivity index (χ3n) is 4.93. The van der Waals surface area contributed by atoms with E-state index in [4.69, 9.17) is 0 Å². The van der Waals surface area contributed by atoms with Gasteiger partial charge in [-0.2, -0.15) is 0 Å². The van der Waals surface area contributed by atoms with E-state index in [1.165, 1.54) is 19.3 Å². The second kappa shape index (κ2) is 8.18. The molecule has 1 aliphatic carbocycles. The van der Waals surface area contributed by atoms with Crippen LogP contribution in [-0.4, -0.2) is 47.9 Å². The van der Waals surface area contributed by atoms with Gasteiger partial charge in [0, 0.05) is 41.4 Å². The van der Waals surface area contributed by atoms with Crippen molar-refractivity contribution in [2.75, 3.05) is 31.5 Å². The Labute approximate surface area is 156 Å². The number of hydrogen-bond acceptors (Lipinski definition) is 2. The maximum Gasteiger partial charge on any atom is 0.321 e. The van der Waals surface area contributed by atoms with Gasteiger partial charge in [-0.05, 0) is 59.7 Å². The molecule has 0 bridgehead atoms. The standard InChI is InChI=1S/C18H24IN3O2/c19-15-6-8-16(9-7-15)20-18(24)22-12-10-21(11-13-22)17(23)14-4-2-1-3-5-14/h6-9,14H,1-5,10-13H2,(H,20,24). The van der Waals surface area contributed by atoms with Crippen LogP contribution in [0.25, 0.3) is 0 Å². The lowest BCUT2D eigenvalue weighted by atomic mass is 9.88. The Hall–Kier alpha value is -1.31. The van der Waals surface area contributed by atoms with Gasteiger partial charge in [0.05, 0.1) is 0 Å². The summed E-state index contributed by atoms with van der Waals surface area (Å²) in [6, 6.07) is 7.67. The summed E-state index contributed by atoms with van der Waals surface area (Å²) in [5.41, 5.74) is 0.807. The van der Waals surface area contributed by atoms with Gasteiger partial charge in [-0.25, -0.2) is 4.79 Å². The summed E-state index contributed by atoms with van der Waals surface area (Å²) in [6.45, 7) is 2.51. The maximum absolute atomic E-state index is 12.6. The molecule has 0 unspecified atom stereocenters. The quantitative estimate of drug-likeness (QED) is 0.714. The minimum absolute atomic E-state index is 0.0824. The van der Waals surface area contributed by atoms with E-state index in [0.29, 0.717) is 32.1 Å². The van der Waals surface area contributed by atoms with Crippen molar-refractivity contribution in [1.29, 1.82) is 0 Å². The van der Waals surface area contributed by atoms with Gasteiger partial charge in [0.1, 0.15) is 0 Å². The van der Waals surface area contributed by atoms with Crippen molar-refractivity contribution >= 4 is 40.2 Å². The lowest BCUT2D eigenvalue weighted by Crippen LogP contribution is -2.53. The third-order valence-corrected chi connectivity index (χ3v) is 5.65. The highest BCUT2D eigenvalue weighted by molar-refractivity contribution is 14.1. The number of carbonyl (C=O) groups is 2. The first kappa shape index (κ1) is 17.5. The van der Waals surface area contributed by atoms with Crippen molar-refractivity contribution < 1.29 is 9.59 Å². The highest BCUT2D eigenvalue weighted by atomic mass is 127. The minimum Gasteiger partial charge on any atom is -0.339 e. The molecule has 1 N–H and O–H groups in total. The monoisotopic (exact) mass is 441 g/mol. The third kappa shape index (κ3) is 4.40. The second-order valence-corrected chi connectivity index (χ2v) is 7.83. The largest absolute Gasteiger partial charge is 0.339 e. The first-order valence-corrected chi connectivity index (χ1v) is 9.81. The van der Waals surface area contributed by atoms with E-state index >= 15 is 0 Å². The Morgan fingerprint density at radius 3 is 2.12 bits per heavy atom. The lowest BCUT2D eigenvalue weighted by molar-refractivity contribution is -0.137. The van der Waals surface area contributed by atoms with Gasteiger partial charge in [0.25, 0.3) is 0 Å². The molecule has 1 aliphatic heterocycles. The van der Waals surface area contributed by atoms with E-state index < -0.39 is 0 Å². The molecule has 1 saturated heterocycles. The molecule has 1 aromatic rings. The number of nitrogens with one attached hydrogen (secondary N) is 1. The Bertz CT molecular complexity index is 576. The molecule has 24 heavy (non-hydrogen) atoms. The second-order valence-electron chi connectivity index (χ2n) is 6.58. The van der Waals surface area contributed by atoms with Gasteiger partial charge >= 0.3 is 6.03 Å². The van der Waals surface area contributed by atoms with Crippen LogP contribution >= 0.6 is 22.6 Å². The first-order valence-electron chi connectivity index (χ1n) is 8.74. The van der Waals surface area contributed by atoms with E-state index in [9.17, 15) is 9.59 Å². The normalized spacial score (nSPS) is 19.2. The number of anilines is 1. The van der Waals surface area contributed by atoms with Gasteiger partial charge in [-0.1, -0.05) is 19.3 Å². The maximum atomic E-state index is 12.6. The summed E-state index contributed by atoms with van der Waals surface area (Å²) < 4.78 is 1.14. The number of amides is 3. The Morgan fingerprint density at radius 1 is 0.917 bits per heavy atom. The fraction of sp³-hybridized carbons (Fsp3) is 0.556. The van der Waals surface area contributed by atoms with Crippen LogP contribution in [-0.2, 0) is 4.79 Å². The molecule has 6 heteroatoms. The van der Waals surface area contributed by atoms with Crippen LogP contribution in [0, 0.1) is 9.49 Å². The number of carbonyl (C=O) groups excluding carboxylic acids is 2. The van der Waals surface area contributed by atoms with Gasteiger partial charge in [0.2, 0.25) is 5.91 Å². The smallest absolute Gasteiger partial charge is 0.321 e. The summed E-state index contributed by atoms with van der Waals surface area (Å²) >= 11 is 2.24. The molecule has 2 aliphatic rings. The van der Waals surface area contributed by atoms with Gasteiger partial charge in [0.15, 0.2) is 0 Å². The number of rotatable bonds is 2. The summed E-state index contributed by atoms with van der Waals surface area (Å²) in [6.07, 6.45) is 5.68. The predicted molar refractivity (Wildman–Crippen MR) is 103 cm³/mol. The highest BCUT2D eigenvalue weighted by Crippen LogP contribution is 2.25. The Kier molecular flexibility index (Phi) is 5.97. The highest BCUT2D eigenvalue weighted by Gasteiger charge is 2.29. The van der Waals surface area contributed by atoms with E-state index in [2.05, 4.69) is 27.9 Å². The SMILES string of the molecule is O=C(Nc1ccc(I)cc1)N1CCN(C(=O)C2CCCCC2)CC1. The molecule has 1 aromatic carbocycles. The first-order chi connectivity index (χ1) is 11.6. The van der Waals surface area contributed by atoms with Crippen LogP contribution in [0.2, 0.25) is 0 Å². The van der Waals surface area contributed by atoms with Crippen LogP contribution in [0.4, 0.5) is 10.5 Å². The zero-order chi connectivity index (χ0) is 16.9. The fourth-order valence-electron chi connectivity index (χ4n) is 3.47. The molecule has 0 radical (unpaired) electrons. The molecular formula is C18H24IN3O2. The average molecular weight is 441 g/mol. The molecule has 0 atom stereocenters. The molecule has 3 amide bonds. The molecule has 1 heterocycles. The zero-order valence-electron chi connectivity index (χ0n) is 13.8. The summed E-state index contributed by atoms with van der Waals surface area (Å²) in [7, 11) is 0. The van der Waals surface area contributed by atoms with Gasteiger partial charge in [-0.3, -0.25) is 4.79 Å². The molecule has 1 saturated carbocycles. The summed E-state index contributed by atoms with van der Waals surface area (Å²) in [5.74, 6) is 0.512. The molecule has 5 nitrogen and oxygen atoms in total. The zero-order valence-corrected chi connectivity index (χ0v) is 16.0. The van der Waals surface area contributed by atoms with Crippen LogP contribution < -0.4 is 5.32 Å². The van der Waals surface area contributed by atoms with Crippen molar-refractivity contribution in [3.05, 3.63) is 27.8 Å². The summed E-state index contributed by atoms with van der Waals surface area (Å²) in [4.78, 5) is 28.6. The van der Waals surface area contributed by atoms with Crippen LogP contribution in [0.3, 0.4) is 0 Å². The van der Waals surface area contributed by atoms with Crippen molar-refractivity contribution in [1.82, 2.24) is 9.80 Å². The number of benzene rings is 1. The number of hydrogen-bond donors (Lipinski definition) is 1. The number of halogens is 1. The van der Waals surface area contributed by atoms with Crippen LogP contribution in [0.15, 0.2) is 24.3 Å². The van der Waals surface area contributed by atoms with Crippen molar-refractivity contribution in [2.24, 2.45) is 5.92 Å². The van der Waals surface area contributed by atoms with Crippen LogP contribution in [0.1, 0.15) is 32.1 Å². The average Bonchev–Trinajstić information content (AvgIpc) is 2.64. The molecular weight excluding hydrogens is 417 g/mol. The van der Waals surface area contributed by atoms with Crippen molar-refractivity contribution in [3.8, 4) is 0 Å². The molecule has 130 valence electrons. The van der Waals surface area contributed by atoms with Crippen molar-refractivity contribution in [3.63, 3.8) is 0 Å². The van der Waals surface area contributed by atoms with E-state index in [1.807, 2.05) is 29.2 Å². The number of urea groups is 1. The van der Waals surface area contributed by atoms with Crippen LogP contribution in [0.5, 0.6) is 0 Å². The Morgan fingerprint density at radius 2 is 1.50 bits per heavy atom. The van der Waals surface area contributed by atoms with Gasteiger partial charge in [-0.15, -0.1) is 0 Å². The topological polar surface area (TPSA) is 52.7 Å². The number of nitrogens with zero attached hydrogens (tertiary/aromatic N) is 2. The van der Waals surface area contributed by atoms with E-state index in [1.54, 1.807) is 4.90 Å². The molecule has 3 rings (SSSR count). The van der Waals surface area contributed by atoms with E-state index in [-0.39, 0.29) is 11.9 Å². The lowest BCUT2D eigenvalue weighted by Gasteiger charge is -2.37. The number of piperazine rings is 1. The molecule has 0 spiro atoms. The molecule has 2 fully saturated rings. The van der Waals surface area contributed by atoms with E-state index in [0.717, 1.165) is 22.1 Å². The predicted octanol–water partition coefficient (Wildman–Crippen LogP) is 3.55. The fourth-order valence-corrected chi connectivity index (χ4v) is 3.83. The minimum atomic E-state index is -0.0824. The molecule has 0 aromatic heterocycles. The Balaban J connectivity index is 1.48. The van der Waals surface area contributed by atoms with Gasteiger partial charge < -0.3 is 15.1 Å². The summed E-state index contributed by atoms with van der Waals surface area (Å²) in [5, 5.41) is 2.93.